The van der Waals surface area contributed by atoms with Crippen molar-refractivity contribution in [1.29, 1.82) is 0 Å². The Kier molecular flexibility index (Phi) is 3.23. The summed E-state index contributed by atoms with van der Waals surface area (Å²) in [5.41, 5.74) is 0.892. The van der Waals surface area contributed by atoms with Crippen LogP contribution in [0.2, 0.25) is 0 Å². The van der Waals surface area contributed by atoms with Gasteiger partial charge in [-0.05, 0) is 24.3 Å². The van der Waals surface area contributed by atoms with Crippen molar-refractivity contribution in [3.63, 3.8) is 0 Å². The minimum atomic E-state index is -0.724. The number of carbonyl (C=O) groups is 1. The molecule has 0 aliphatic heterocycles. The maximum absolute atomic E-state index is 13.7. The summed E-state index contributed by atoms with van der Waals surface area (Å²) in [6.45, 7) is 0. The van der Waals surface area contributed by atoms with Gasteiger partial charge in [-0.25, -0.2) is 9.18 Å². The number of aromatic hydroxyl groups is 1. The van der Waals surface area contributed by atoms with Crippen LogP contribution in [0.15, 0.2) is 36.5 Å². The number of aromatic nitrogens is 1. The van der Waals surface area contributed by atoms with E-state index in [1.165, 1.54) is 31.5 Å². The summed E-state index contributed by atoms with van der Waals surface area (Å²) in [5, 5.41) is 9.11. The van der Waals surface area contributed by atoms with Crippen molar-refractivity contribution in [3.05, 3.63) is 47.9 Å². The second-order valence-corrected chi connectivity index (χ2v) is 3.59. The Morgan fingerprint density at radius 3 is 2.67 bits per heavy atom. The molecule has 0 aliphatic rings. The second kappa shape index (κ2) is 4.83. The third-order valence-electron chi connectivity index (χ3n) is 2.42. The Labute approximate surface area is 103 Å². The fourth-order valence-electron chi connectivity index (χ4n) is 1.51. The first-order valence-corrected chi connectivity index (χ1v) is 5.15. The molecule has 0 radical (unpaired) electrons. The quantitative estimate of drug-likeness (QED) is 0.828. The summed E-state index contributed by atoms with van der Waals surface area (Å²) >= 11 is 0. The molecule has 92 valence electrons. The van der Waals surface area contributed by atoms with E-state index in [-0.39, 0.29) is 11.3 Å². The average Bonchev–Trinajstić information content (AvgIpc) is 2.38. The Morgan fingerprint density at radius 2 is 2.11 bits per heavy atom. The molecular formula is C13H10FNO3. The molecule has 1 heterocycles. The summed E-state index contributed by atoms with van der Waals surface area (Å²) in [5.74, 6) is -1.36. The number of pyridine rings is 1. The van der Waals surface area contributed by atoms with Crippen molar-refractivity contribution >= 4 is 5.97 Å². The molecule has 0 saturated heterocycles. The third-order valence-corrected chi connectivity index (χ3v) is 2.42. The van der Waals surface area contributed by atoms with Gasteiger partial charge in [0.25, 0.3) is 0 Å². The molecule has 0 bridgehead atoms. The van der Waals surface area contributed by atoms with Gasteiger partial charge in [0.05, 0.1) is 24.6 Å². The van der Waals surface area contributed by atoms with Gasteiger partial charge in [-0.3, -0.25) is 4.98 Å². The second-order valence-electron chi connectivity index (χ2n) is 3.59. The lowest BCUT2D eigenvalue weighted by molar-refractivity contribution is 0.0595. The lowest BCUT2D eigenvalue weighted by Crippen LogP contribution is -2.04. The van der Waals surface area contributed by atoms with Crippen LogP contribution in [0.5, 0.6) is 5.75 Å². The van der Waals surface area contributed by atoms with Crippen LogP contribution in [0.1, 0.15) is 10.4 Å². The van der Waals surface area contributed by atoms with Crippen LogP contribution < -0.4 is 0 Å². The highest BCUT2D eigenvalue weighted by Gasteiger charge is 2.13. The van der Waals surface area contributed by atoms with Gasteiger partial charge >= 0.3 is 5.97 Å². The lowest BCUT2D eigenvalue weighted by atomic mass is 10.1. The van der Waals surface area contributed by atoms with Gasteiger partial charge in [0.15, 0.2) is 0 Å². The van der Waals surface area contributed by atoms with E-state index in [0.29, 0.717) is 11.3 Å². The molecule has 0 saturated carbocycles. The highest BCUT2D eigenvalue weighted by Crippen LogP contribution is 2.21. The molecule has 5 heteroatoms. The van der Waals surface area contributed by atoms with E-state index in [2.05, 4.69) is 9.72 Å². The fraction of sp³-hybridized carbons (Fsp3) is 0.0769. The summed E-state index contributed by atoms with van der Waals surface area (Å²) in [6.07, 6.45) is 1.27. The summed E-state index contributed by atoms with van der Waals surface area (Å²) in [7, 11) is 1.19. The molecule has 1 N–H and O–H groups in total. The van der Waals surface area contributed by atoms with Crippen LogP contribution in [-0.2, 0) is 4.74 Å². The normalized spacial score (nSPS) is 10.1. The largest absolute Gasteiger partial charge is 0.506 e. The zero-order valence-electron chi connectivity index (χ0n) is 9.55. The number of rotatable bonds is 2. The number of methoxy groups -OCH3 is 1. The summed E-state index contributed by atoms with van der Waals surface area (Å²) in [4.78, 5) is 15.2. The maximum Gasteiger partial charge on any atom is 0.340 e. The third kappa shape index (κ3) is 2.29. The van der Waals surface area contributed by atoms with Crippen molar-refractivity contribution in [1.82, 2.24) is 4.98 Å². The number of ether oxygens (including phenoxy) is 1. The molecule has 1 aromatic heterocycles. The Hall–Kier alpha value is -2.43. The monoisotopic (exact) mass is 247 g/mol. The first-order valence-electron chi connectivity index (χ1n) is 5.15. The molecule has 0 amide bonds. The van der Waals surface area contributed by atoms with Crippen LogP contribution in [0.25, 0.3) is 11.3 Å². The predicted octanol–water partition coefficient (Wildman–Crippen LogP) is 2.38. The Balaban J connectivity index is 2.40. The number of carbonyl (C=O) groups excluding carboxylic acids is 1. The minimum absolute atomic E-state index is 0.0328. The molecule has 2 aromatic rings. The van der Waals surface area contributed by atoms with Crippen LogP contribution in [0.3, 0.4) is 0 Å². The lowest BCUT2D eigenvalue weighted by Gasteiger charge is -2.04. The van der Waals surface area contributed by atoms with Gasteiger partial charge in [-0.1, -0.05) is 6.07 Å². The summed E-state index contributed by atoms with van der Waals surface area (Å²) in [6, 6.07) is 7.11. The Morgan fingerprint density at radius 1 is 1.33 bits per heavy atom. The zero-order chi connectivity index (χ0) is 13.1. The molecule has 1 aromatic carbocycles. The van der Waals surface area contributed by atoms with Crippen LogP contribution >= 0.6 is 0 Å². The first-order chi connectivity index (χ1) is 8.61. The van der Waals surface area contributed by atoms with E-state index in [4.69, 9.17) is 5.11 Å². The zero-order valence-corrected chi connectivity index (χ0v) is 9.55. The first kappa shape index (κ1) is 12.0. The molecule has 2 rings (SSSR count). The highest BCUT2D eigenvalue weighted by molar-refractivity contribution is 5.90. The van der Waals surface area contributed by atoms with Gasteiger partial charge in [0, 0.05) is 5.56 Å². The number of benzene rings is 1. The van der Waals surface area contributed by atoms with Gasteiger partial charge in [-0.2, -0.15) is 0 Å². The number of esters is 1. The molecule has 0 unspecified atom stereocenters. The SMILES string of the molecule is COC(=O)c1ccc(-c2ccc(O)cn2)cc1F. The van der Waals surface area contributed by atoms with E-state index in [9.17, 15) is 9.18 Å². The van der Waals surface area contributed by atoms with Crippen LogP contribution in [0.4, 0.5) is 4.39 Å². The van der Waals surface area contributed by atoms with E-state index in [1.54, 1.807) is 12.1 Å². The average molecular weight is 247 g/mol. The van der Waals surface area contributed by atoms with E-state index < -0.39 is 11.8 Å². The molecular weight excluding hydrogens is 237 g/mol. The fourth-order valence-corrected chi connectivity index (χ4v) is 1.51. The van der Waals surface area contributed by atoms with Crippen molar-refractivity contribution in [2.75, 3.05) is 7.11 Å². The molecule has 4 nitrogen and oxygen atoms in total. The predicted molar refractivity (Wildman–Crippen MR) is 62.6 cm³/mol. The minimum Gasteiger partial charge on any atom is -0.506 e. The molecule has 0 fully saturated rings. The van der Waals surface area contributed by atoms with Crippen LogP contribution in [0, 0.1) is 5.82 Å². The number of hydrogen-bond donors (Lipinski definition) is 1. The van der Waals surface area contributed by atoms with E-state index >= 15 is 0 Å². The smallest absolute Gasteiger partial charge is 0.340 e. The number of nitrogens with zero attached hydrogens (tertiary/aromatic N) is 1. The number of halogens is 1. The number of hydrogen-bond acceptors (Lipinski definition) is 4. The maximum atomic E-state index is 13.7. The van der Waals surface area contributed by atoms with Crippen molar-refractivity contribution in [2.24, 2.45) is 0 Å². The molecule has 0 aliphatic carbocycles. The van der Waals surface area contributed by atoms with Gasteiger partial charge in [0.2, 0.25) is 0 Å². The standard InChI is InChI=1S/C13H10FNO3/c1-18-13(17)10-4-2-8(6-11(10)14)12-5-3-9(16)7-15-12/h2-7,16H,1H3. The van der Waals surface area contributed by atoms with Gasteiger partial charge in [-0.15, -0.1) is 0 Å². The van der Waals surface area contributed by atoms with Crippen molar-refractivity contribution in [2.45, 2.75) is 0 Å². The van der Waals surface area contributed by atoms with Crippen LogP contribution in [-0.4, -0.2) is 23.2 Å². The Bertz CT molecular complexity index is 581. The molecule has 18 heavy (non-hydrogen) atoms. The van der Waals surface area contributed by atoms with Gasteiger partial charge in [0.1, 0.15) is 11.6 Å². The summed E-state index contributed by atoms with van der Waals surface area (Å²) < 4.78 is 18.1. The molecule has 0 atom stereocenters. The van der Waals surface area contributed by atoms with Crippen molar-refractivity contribution in [3.8, 4) is 17.0 Å². The topological polar surface area (TPSA) is 59.4 Å². The van der Waals surface area contributed by atoms with E-state index in [1.807, 2.05) is 0 Å². The highest BCUT2D eigenvalue weighted by atomic mass is 19.1. The van der Waals surface area contributed by atoms with E-state index in [0.717, 1.165) is 0 Å². The van der Waals surface area contributed by atoms with Gasteiger partial charge < -0.3 is 9.84 Å². The van der Waals surface area contributed by atoms with Crippen molar-refractivity contribution < 1.29 is 19.0 Å². The molecule has 0 spiro atoms.